The molecule has 0 atom stereocenters. The van der Waals surface area contributed by atoms with E-state index in [9.17, 15) is 13.6 Å². The van der Waals surface area contributed by atoms with Gasteiger partial charge in [0.05, 0.1) is 15.9 Å². The van der Waals surface area contributed by atoms with Crippen molar-refractivity contribution < 1.29 is 13.6 Å². The summed E-state index contributed by atoms with van der Waals surface area (Å²) in [5.41, 5.74) is -0.278. The lowest BCUT2D eigenvalue weighted by molar-refractivity contribution is 0.102. The summed E-state index contributed by atoms with van der Waals surface area (Å²) in [4.78, 5) is 11.1. The van der Waals surface area contributed by atoms with Crippen LogP contribution in [0.4, 0.5) is 8.78 Å². The van der Waals surface area contributed by atoms with Crippen molar-refractivity contribution in [1.82, 2.24) is 0 Å². The molecule has 0 bridgehead atoms. The van der Waals surface area contributed by atoms with E-state index in [1.807, 2.05) is 0 Å². The molecule has 0 heterocycles. The molecular formula is C8H4BrClF2O. The Morgan fingerprint density at radius 1 is 1.46 bits per heavy atom. The molecule has 0 aliphatic heterocycles. The lowest BCUT2D eigenvalue weighted by atomic mass is 10.1. The smallest absolute Gasteiger partial charge is 0.177 e. The minimum Gasteiger partial charge on any atom is -0.293 e. The third-order valence-corrected chi connectivity index (χ3v) is 2.21. The Labute approximate surface area is 86.8 Å². The zero-order chi connectivity index (χ0) is 10.0. The van der Waals surface area contributed by atoms with Crippen molar-refractivity contribution in [2.24, 2.45) is 0 Å². The minimum absolute atomic E-state index is 0.0464. The maximum absolute atomic E-state index is 13.0. The van der Waals surface area contributed by atoms with E-state index in [4.69, 9.17) is 11.6 Å². The van der Waals surface area contributed by atoms with E-state index in [0.717, 1.165) is 6.07 Å². The van der Waals surface area contributed by atoms with Crippen LogP contribution >= 0.6 is 27.5 Å². The number of hydrogen-bond donors (Lipinski definition) is 0. The van der Waals surface area contributed by atoms with Crippen LogP contribution in [-0.4, -0.2) is 11.1 Å². The average Bonchev–Trinajstić information content (AvgIpc) is 2.02. The van der Waals surface area contributed by atoms with Gasteiger partial charge in [-0.15, -0.1) is 0 Å². The molecule has 0 amide bonds. The number of halogens is 4. The first kappa shape index (κ1) is 10.6. The SMILES string of the molecule is O=C(CBr)c1c(F)cc(F)cc1Cl. The second-order valence-electron chi connectivity index (χ2n) is 2.30. The monoisotopic (exact) mass is 268 g/mol. The van der Waals surface area contributed by atoms with E-state index >= 15 is 0 Å². The highest BCUT2D eigenvalue weighted by Gasteiger charge is 2.15. The first-order chi connectivity index (χ1) is 6.06. The molecule has 0 unspecified atom stereocenters. The highest BCUT2D eigenvalue weighted by Crippen LogP contribution is 2.21. The lowest BCUT2D eigenvalue weighted by Gasteiger charge is -2.02. The molecule has 1 aromatic rings. The van der Waals surface area contributed by atoms with Gasteiger partial charge in [-0.05, 0) is 6.07 Å². The molecule has 1 rings (SSSR count). The third kappa shape index (κ3) is 2.25. The number of carbonyl (C=O) groups is 1. The van der Waals surface area contributed by atoms with Gasteiger partial charge in [-0.2, -0.15) is 0 Å². The van der Waals surface area contributed by atoms with Crippen molar-refractivity contribution in [1.29, 1.82) is 0 Å². The Kier molecular flexibility index (Phi) is 3.39. The van der Waals surface area contributed by atoms with Gasteiger partial charge in [0.2, 0.25) is 0 Å². The summed E-state index contributed by atoms with van der Waals surface area (Å²) in [6, 6.07) is 1.53. The number of ketones is 1. The maximum Gasteiger partial charge on any atom is 0.177 e. The van der Waals surface area contributed by atoms with Gasteiger partial charge in [-0.1, -0.05) is 27.5 Å². The van der Waals surface area contributed by atoms with Crippen molar-refractivity contribution in [3.8, 4) is 0 Å². The lowest BCUT2D eigenvalue weighted by Crippen LogP contribution is -2.05. The molecule has 1 aromatic carbocycles. The molecule has 70 valence electrons. The van der Waals surface area contributed by atoms with Crippen molar-refractivity contribution in [2.75, 3.05) is 5.33 Å². The van der Waals surface area contributed by atoms with Gasteiger partial charge in [0.1, 0.15) is 11.6 Å². The van der Waals surface area contributed by atoms with Gasteiger partial charge in [0.15, 0.2) is 5.78 Å². The fourth-order valence-corrected chi connectivity index (χ4v) is 1.46. The minimum atomic E-state index is -0.936. The van der Waals surface area contributed by atoms with Crippen molar-refractivity contribution >= 4 is 33.3 Å². The van der Waals surface area contributed by atoms with Gasteiger partial charge in [-0.25, -0.2) is 8.78 Å². The third-order valence-electron chi connectivity index (χ3n) is 1.41. The first-order valence-electron chi connectivity index (χ1n) is 3.30. The highest BCUT2D eigenvalue weighted by molar-refractivity contribution is 9.09. The first-order valence-corrected chi connectivity index (χ1v) is 4.80. The summed E-state index contributed by atoms with van der Waals surface area (Å²) in [6.07, 6.45) is 0. The van der Waals surface area contributed by atoms with E-state index < -0.39 is 17.4 Å². The van der Waals surface area contributed by atoms with Gasteiger partial charge in [-0.3, -0.25) is 4.79 Å². The predicted molar refractivity (Wildman–Crippen MR) is 49.5 cm³/mol. The molecule has 0 saturated carbocycles. The molecular weight excluding hydrogens is 265 g/mol. The number of Topliss-reactive ketones (excluding diaryl/α,β-unsaturated/α-hetero) is 1. The van der Waals surface area contributed by atoms with E-state index in [1.54, 1.807) is 0 Å². The Bertz CT molecular complexity index is 331. The van der Waals surface area contributed by atoms with Gasteiger partial charge < -0.3 is 0 Å². The molecule has 13 heavy (non-hydrogen) atoms. The molecule has 0 aromatic heterocycles. The second-order valence-corrected chi connectivity index (χ2v) is 3.27. The summed E-state index contributed by atoms with van der Waals surface area (Å²) in [6.45, 7) is 0. The van der Waals surface area contributed by atoms with Crippen LogP contribution in [0.15, 0.2) is 12.1 Å². The van der Waals surface area contributed by atoms with E-state index in [0.29, 0.717) is 6.07 Å². The molecule has 0 N–H and O–H groups in total. The Morgan fingerprint density at radius 3 is 2.54 bits per heavy atom. The van der Waals surface area contributed by atoms with Crippen LogP contribution in [0.1, 0.15) is 10.4 Å². The Balaban J connectivity index is 3.28. The Morgan fingerprint density at radius 2 is 2.08 bits per heavy atom. The molecule has 0 radical (unpaired) electrons. The quantitative estimate of drug-likeness (QED) is 0.595. The molecule has 0 aliphatic carbocycles. The highest BCUT2D eigenvalue weighted by atomic mass is 79.9. The van der Waals surface area contributed by atoms with Gasteiger partial charge in [0.25, 0.3) is 0 Å². The zero-order valence-electron chi connectivity index (χ0n) is 6.28. The summed E-state index contributed by atoms with van der Waals surface area (Å²) in [7, 11) is 0. The summed E-state index contributed by atoms with van der Waals surface area (Å²) in [5, 5.41) is -0.253. The van der Waals surface area contributed by atoms with Crippen LogP contribution in [0.2, 0.25) is 5.02 Å². The normalized spacial score (nSPS) is 10.2. The van der Waals surface area contributed by atoms with Gasteiger partial charge in [0, 0.05) is 6.07 Å². The van der Waals surface area contributed by atoms with Gasteiger partial charge >= 0.3 is 0 Å². The molecule has 0 spiro atoms. The number of hydrogen-bond acceptors (Lipinski definition) is 1. The maximum atomic E-state index is 13.0. The fourth-order valence-electron chi connectivity index (χ4n) is 0.875. The van der Waals surface area contributed by atoms with Crippen molar-refractivity contribution in [3.05, 3.63) is 34.4 Å². The summed E-state index contributed by atoms with van der Waals surface area (Å²) >= 11 is 8.36. The van der Waals surface area contributed by atoms with Crippen molar-refractivity contribution in [2.45, 2.75) is 0 Å². The average molecular weight is 269 g/mol. The van der Waals surface area contributed by atoms with Crippen LogP contribution in [0.25, 0.3) is 0 Å². The van der Waals surface area contributed by atoms with Crippen LogP contribution in [0.5, 0.6) is 0 Å². The predicted octanol–water partition coefficient (Wildman–Crippen LogP) is 3.20. The zero-order valence-corrected chi connectivity index (χ0v) is 8.62. The molecule has 5 heteroatoms. The van der Waals surface area contributed by atoms with Crippen LogP contribution in [0.3, 0.4) is 0 Å². The fraction of sp³-hybridized carbons (Fsp3) is 0.125. The second kappa shape index (κ2) is 4.15. The van der Waals surface area contributed by atoms with E-state index in [2.05, 4.69) is 15.9 Å². The Hall–Kier alpha value is -0.480. The molecule has 0 aliphatic rings. The van der Waals surface area contributed by atoms with E-state index in [-0.39, 0.29) is 15.9 Å². The van der Waals surface area contributed by atoms with Crippen LogP contribution in [0, 0.1) is 11.6 Å². The largest absolute Gasteiger partial charge is 0.293 e. The summed E-state index contributed by atoms with van der Waals surface area (Å²) < 4.78 is 25.5. The number of carbonyl (C=O) groups excluding carboxylic acids is 1. The standard InChI is InChI=1S/C8H4BrClF2O/c9-3-7(13)8-5(10)1-4(11)2-6(8)12/h1-2H,3H2. The van der Waals surface area contributed by atoms with E-state index in [1.165, 1.54) is 0 Å². The van der Waals surface area contributed by atoms with Crippen molar-refractivity contribution in [3.63, 3.8) is 0 Å². The molecule has 0 fully saturated rings. The summed E-state index contributed by atoms with van der Waals surface area (Å²) in [5.74, 6) is -2.24. The number of alkyl halides is 1. The topological polar surface area (TPSA) is 17.1 Å². The number of rotatable bonds is 2. The molecule has 1 nitrogen and oxygen atoms in total. The van der Waals surface area contributed by atoms with Crippen LogP contribution < -0.4 is 0 Å². The van der Waals surface area contributed by atoms with Crippen LogP contribution in [-0.2, 0) is 0 Å². The number of benzene rings is 1. The molecule has 0 saturated heterocycles.